The first-order valence-electron chi connectivity index (χ1n) is 9.85. The molecule has 2 amide bonds. The van der Waals surface area contributed by atoms with Crippen molar-refractivity contribution >= 4 is 45.0 Å². The molecular formula is C22H19BrClF2N3O3. The minimum absolute atomic E-state index is 0.164. The number of fused-ring (bicyclic) bond motifs is 1. The molecular weight excluding hydrogens is 508 g/mol. The van der Waals surface area contributed by atoms with Gasteiger partial charge >= 0.3 is 0 Å². The molecule has 2 N–H and O–H groups in total. The van der Waals surface area contributed by atoms with Crippen molar-refractivity contribution in [1.29, 1.82) is 0 Å². The molecule has 1 atom stereocenters. The van der Waals surface area contributed by atoms with E-state index in [2.05, 4.69) is 21.2 Å². The van der Waals surface area contributed by atoms with Gasteiger partial charge in [0, 0.05) is 17.3 Å². The molecule has 2 aliphatic heterocycles. The molecule has 0 bridgehead atoms. The number of benzene rings is 2. The number of hydrogen-bond acceptors (Lipinski definition) is 4. The first-order chi connectivity index (χ1) is 15.1. The number of nitrogens with zero attached hydrogens (tertiary/aromatic N) is 2. The number of anilines is 1. The van der Waals surface area contributed by atoms with E-state index in [0.29, 0.717) is 24.4 Å². The van der Waals surface area contributed by atoms with Crippen LogP contribution in [0, 0.1) is 11.6 Å². The molecule has 2 aromatic carbocycles. The molecule has 2 heterocycles. The fourth-order valence-electron chi connectivity index (χ4n) is 4.13. The third kappa shape index (κ3) is 3.89. The van der Waals surface area contributed by atoms with Crippen LogP contribution in [0.15, 0.2) is 52.2 Å². The Balaban J connectivity index is 1.69. The van der Waals surface area contributed by atoms with Gasteiger partial charge in [-0.2, -0.15) is 0 Å². The second-order valence-corrected chi connectivity index (χ2v) is 9.15. The van der Waals surface area contributed by atoms with Gasteiger partial charge in [-0.3, -0.25) is 14.6 Å². The fourth-order valence-corrected chi connectivity index (χ4v) is 4.49. The minimum Gasteiger partial charge on any atom is -0.509 e. The summed E-state index contributed by atoms with van der Waals surface area (Å²) in [5.74, 6) is -3.82. The fraction of sp³-hybridized carbons (Fsp3) is 0.273. The quantitative estimate of drug-likeness (QED) is 0.437. The lowest BCUT2D eigenvalue weighted by atomic mass is 9.90. The molecule has 1 saturated heterocycles. The van der Waals surface area contributed by atoms with Crippen LogP contribution in [0.5, 0.6) is 0 Å². The highest BCUT2D eigenvalue weighted by Gasteiger charge is 2.52. The average molecular weight is 527 g/mol. The van der Waals surface area contributed by atoms with Crippen molar-refractivity contribution in [2.75, 3.05) is 11.9 Å². The van der Waals surface area contributed by atoms with E-state index in [1.165, 1.54) is 5.01 Å². The van der Waals surface area contributed by atoms with Crippen LogP contribution < -0.4 is 5.32 Å². The molecule has 32 heavy (non-hydrogen) atoms. The van der Waals surface area contributed by atoms with E-state index in [0.717, 1.165) is 17.7 Å². The molecule has 0 unspecified atom stereocenters. The SMILES string of the molecule is C[C@]12CCCN1N(Cc1ccc(Cl)cc1)C(=O)C(C(=O)Nc1cc(F)c(Br)c(F)c1)=C2O. The van der Waals surface area contributed by atoms with Crippen LogP contribution in [0.2, 0.25) is 5.02 Å². The lowest BCUT2D eigenvalue weighted by Gasteiger charge is -2.46. The molecule has 1 fully saturated rings. The van der Waals surface area contributed by atoms with Gasteiger partial charge < -0.3 is 10.4 Å². The number of hydrogen-bond donors (Lipinski definition) is 2. The zero-order chi connectivity index (χ0) is 23.2. The van der Waals surface area contributed by atoms with Crippen molar-refractivity contribution in [3.05, 3.63) is 74.4 Å². The van der Waals surface area contributed by atoms with Crippen LogP contribution in [-0.2, 0) is 16.1 Å². The van der Waals surface area contributed by atoms with Crippen molar-refractivity contribution in [3.63, 3.8) is 0 Å². The molecule has 168 valence electrons. The van der Waals surface area contributed by atoms with Gasteiger partial charge in [-0.05, 0) is 65.5 Å². The predicted octanol–water partition coefficient (Wildman–Crippen LogP) is 4.94. The molecule has 0 aliphatic carbocycles. The van der Waals surface area contributed by atoms with Gasteiger partial charge in [0.25, 0.3) is 11.8 Å². The predicted molar refractivity (Wildman–Crippen MR) is 119 cm³/mol. The summed E-state index contributed by atoms with van der Waals surface area (Å²) in [5, 5.41) is 17.0. The zero-order valence-corrected chi connectivity index (χ0v) is 19.3. The maximum absolute atomic E-state index is 13.9. The van der Waals surface area contributed by atoms with Crippen molar-refractivity contribution in [2.24, 2.45) is 0 Å². The summed E-state index contributed by atoms with van der Waals surface area (Å²) in [4.78, 5) is 26.3. The van der Waals surface area contributed by atoms with Crippen LogP contribution >= 0.6 is 27.5 Å². The Morgan fingerprint density at radius 3 is 2.50 bits per heavy atom. The van der Waals surface area contributed by atoms with E-state index in [-0.39, 0.29) is 22.5 Å². The zero-order valence-electron chi connectivity index (χ0n) is 17.0. The number of carbonyl (C=O) groups excluding carboxylic acids is 2. The summed E-state index contributed by atoms with van der Waals surface area (Å²) >= 11 is 8.72. The van der Waals surface area contributed by atoms with Gasteiger partial charge in [0.1, 0.15) is 23.0 Å². The van der Waals surface area contributed by atoms with Crippen molar-refractivity contribution in [3.8, 4) is 0 Å². The molecule has 0 saturated carbocycles. The lowest BCUT2D eigenvalue weighted by Crippen LogP contribution is -2.60. The van der Waals surface area contributed by atoms with E-state index < -0.39 is 34.6 Å². The van der Waals surface area contributed by atoms with Gasteiger partial charge in [0.05, 0.1) is 16.6 Å². The normalized spacial score (nSPS) is 21.2. The Bertz CT molecular complexity index is 1120. The van der Waals surface area contributed by atoms with Crippen LogP contribution in [0.25, 0.3) is 0 Å². The topological polar surface area (TPSA) is 72.9 Å². The number of amides is 2. The number of hydrazine groups is 1. The lowest BCUT2D eigenvalue weighted by molar-refractivity contribution is -0.160. The Labute approximate surface area is 196 Å². The number of halogens is 4. The van der Waals surface area contributed by atoms with Crippen molar-refractivity contribution < 1.29 is 23.5 Å². The van der Waals surface area contributed by atoms with E-state index >= 15 is 0 Å². The van der Waals surface area contributed by atoms with E-state index in [1.54, 1.807) is 36.2 Å². The Kier molecular flexibility index (Phi) is 6.00. The number of carbonyl (C=O) groups is 2. The second-order valence-electron chi connectivity index (χ2n) is 7.92. The number of nitrogens with one attached hydrogen (secondary N) is 1. The largest absolute Gasteiger partial charge is 0.509 e. The molecule has 0 radical (unpaired) electrons. The van der Waals surface area contributed by atoms with Gasteiger partial charge in [0.15, 0.2) is 0 Å². The second kappa shape index (κ2) is 8.46. The van der Waals surface area contributed by atoms with Crippen LogP contribution in [-0.4, -0.2) is 39.0 Å². The Morgan fingerprint density at radius 1 is 1.25 bits per heavy atom. The van der Waals surface area contributed by atoms with E-state index in [1.807, 2.05) is 0 Å². The molecule has 6 nitrogen and oxygen atoms in total. The summed E-state index contributed by atoms with van der Waals surface area (Å²) in [5.41, 5.74) is -0.799. The highest BCUT2D eigenvalue weighted by Crippen LogP contribution is 2.41. The van der Waals surface area contributed by atoms with E-state index in [9.17, 15) is 23.5 Å². The number of rotatable bonds is 4. The molecule has 4 rings (SSSR count). The molecule has 2 aromatic rings. The molecule has 10 heteroatoms. The maximum atomic E-state index is 13.9. The van der Waals surface area contributed by atoms with E-state index in [4.69, 9.17) is 11.6 Å². The summed E-state index contributed by atoms with van der Waals surface area (Å²) < 4.78 is 27.4. The first-order valence-corrected chi connectivity index (χ1v) is 11.0. The highest BCUT2D eigenvalue weighted by atomic mass is 79.9. The third-order valence-electron chi connectivity index (χ3n) is 5.80. The van der Waals surface area contributed by atoms with Gasteiger partial charge in [0.2, 0.25) is 0 Å². The first kappa shape index (κ1) is 22.7. The highest BCUT2D eigenvalue weighted by molar-refractivity contribution is 9.10. The number of aliphatic hydroxyl groups excluding tert-OH is 1. The third-order valence-corrected chi connectivity index (χ3v) is 6.81. The van der Waals surface area contributed by atoms with Gasteiger partial charge in [-0.15, -0.1) is 0 Å². The summed E-state index contributed by atoms with van der Waals surface area (Å²) in [6, 6.07) is 8.79. The minimum atomic E-state index is -0.955. The summed E-state index contributed by atoms with van der Waals surface area (Å²) in [7, 11) is 0. The smallest absolute Gasteiger partial charge is 0.277 e. The Morgan fingerprint density at radius 2 is 1.88 bits per heavy atom. The number of aliphatic hydroxyl groups is 1. The van der Waals surface area contributed by atoms with Crippen molar-refractivity contribution in [2.45, 2.75) is 31.8 Å². The molecule has 0 aromatic heterocycles. The average Bonchev–Trinajstić information content (AvgIpc) is 3.14. The van der Waals surface area contributed by atoms with Crippen LogP contribution in [0.1, 0.15) is 25.3 Å². The monoisotopic (exact) mass is 525 g/mol. The summed E-state index contributed by atoms with van der Waals surface area (Å²) in [6.45, 7) is 2.44. The standard InChI is InChI=1S/C22H19BrClF2N3O3/c1-22-7-2-8-29(22)28(11-12-3-5-13(24)6-4-12)21(32)17(19(22)30)20(31)27-14-9-15(25)18(23)16(26)10-14/h3-6,9-10,30H,2,7-8,11H2,1H3,(H,27,31)/t22-/m1/s1. The maximum Gasteiger partial charge on any atom is 0.277 e. The van der Waals surface area contributed by atoms with Crippen LogP contribution in [0.4, 0.5) is 14.5 Å². The molecule has 2 aliphatic rings. The van der Waals surface area contributed by atoms with Crippen LogP contribution in [0.3, 0.4) is 0 Å². The Hall–Kier alpha value is -2.49. The van der Waals surface area contributed by atoms with Gasteiger partial charge in [-0.25, -0.2) is 13.8 Å². The molecule has 0 spiro atoms. The van der Waals surface area contributed by atoms with Gasteiger partial charge in [-0.1, -0.05) is 23.7 Å². The summed E-state index contributed by atoms with van der Waals surface area (Å²) in [6.07, 6.45) is 1.24. The van der Waals surface area contributed by atoms with Crippen molar-refractivity contribution in [1.82, 2.24) is 10.0 Å².